The van der Waals surface area contributed by atoms with Crippen LogP contribution < -0.4 is 0 Å². The molecule has 4 nitrogen and oxygen atoms in total. The van der Waals surface area contributed by atoms with E-state index in [-0.39, 0.29) is 0 Å². The van der Waals surface area contributed by atoms with Crippen LogP contribution in [0.2, 0.25) is 0 Å². The molecule has 0 aromatic heterocycles. The van der Waals surface area contributed by atoms with Gasteiger partial charge in [0.05, 0.1) is 0 Å². The average molecular weight is 309 g/mol. The molecule has 0 spiro atoms. The number of hydrogen-bond donors (Lipinski definition) is 0. The number of rotatable bonds is 5. The van der Waals surface area contributed by atoms with E-state index in [2.05, 4.69) is 42.6 Å². The quantitative estimate of drug-likeness (QED) is 0.780. The summed E-state index contributed by atoms with van der Waals surface area (Å²) in [5, 5.41) is 0. The lowest BCUT2D eigenvalue weighted by atomic mass is 9.88. The Hall–Kier alpha value is -0.610. The second-order valence-electron chi connectivity index (χ2n) is 7.67. The van der Waals surface area contributed by atoms with E-state index >= 15 is 0 Å². The summed E-state index contributed by atoms with van der Waals surface area (Å²) in [6.07, 6.45) is 7.24. The van der Waals surface area contributed by atoms with Crippen LogP contribution in [-0.4, -0.2) is 73.0 Å². The van der Waals surface area contributed by atoms with Crippen molar-refractivity contribution in [2.24, 2.45) is 5.92 Å². The van der Waals surface area contributed by atoms with E-state index in [4.69, 9.17) is 0 Å². The van der Waals surface area contributed by atoms with Crippen molar-refractivity contribution in [3.63, 3.8) is 0 Å². The molecule has 2 atom stereocenters. The number of amides is 1. The lowest BCUT2D eigenvalue weighted by Crippen LogP contribution is -2.59. The molecule has 2 rings (SSSR count). The second kappa shape index (κ2) is 8.30. The fourth-order valence-corrected chi connectivity index (χ4v) is 4.15. The fourth-order valence-electron chi connectivity index (χ4n) is 4.15. The lowest BCUT2D eigenvalue weighted by Gasteiger charge is -2.45. The Kier molecular flexibility index (Phi) is 6.69. The van der Waals surface area contributed by atoms with Crippen molar-refractivity contribution in [3.05, 3.63) is 0 Å². The molecule has 2 fully saturated rings. The van der Waals surface area contributed by atoms with Crippen molar-refractivity contribution in [2.45, 2.75) is 64.5 Å². The van der Waals surface area contributed by atoms with Crippen LogP contribution in [-0.2, 0) is 4.79 Å². The molecule has 1 amide bonds. The monoisotopic (exact) mass is 309 g/mol. The van der Waals surface area contributed by atoms with E-state index in [1.54, 1.807) is 0 Å². The van der Waals surface area contributed by atoms with E-state index in [9.17, 15) is 4.79 Å². The van der Waals surface area contributed by atoms with Crippen molar-refractivity contribution < 1.29 is 4.79 Å². The summed E-state index contributed by atoms with van der Waals surface area (Å²) >= 11 is 0. The van der Waals surface area contributed by atoms with Crippen LogP contribution in [0.1, 0.15) is 52.4 Å². The summed E-state index contributed by atoms with van der Waals surface area (Å²) < 4.78 is 0. The van der Waals surface area contributed by atoms with Crippen LogP contribution >= 0.6 is 0 Å². The van der Waals surface area contributed by atoms with Crippen LogP contribution in [0.3, 0.4) is 0 Å². The fraction of sp³-hybridized carbons (Fsp3) is 0.944. The van der Waals surface area contributed by atoms with Crippen LogP contribution in [0.25, 0.3) is 0 Å². The van der Waals surface area contributed by atoms with Gasteiger partial charge in [0, 0.05) is 37.6 Å². The van der Waals surface area contributed by atoms with Crippen LogP contribution in [0.5, 0.6) is 0 Å². The van der Waals surface area contributed by atoms with E-state index in [0.29, 0.717) is 23.9 Å². The Bertz CT molecular complexity index is 340. The zero-order valence-corrected chi connectivity index (χ0v) is 15.1. The highest BCUT2D eigenvalue weighted by molar-refractivity contribution is 5.79. The van der Waals surface area contributed by atoms with Gasteiger partial charge in [-0.3, -0.25) is 9.69 Å². The van der Waals surface area contributed by atoms with E-state index in [1.165, 1.54) is 25.7 Å². The summed E-state index contributed by atoms with van der Waals surface area (Å²) in [6.45, 7) is 8.69. The molecule has 0 N–H and O–H groups in total. The molecule has 0 radical (unpaired) electrons. The van der Waals surface area contributed by atoms with Gasteiger partial charge in [0.1, 0.15) is 0 Å². The van der Waals surface area contributed by atoms with Gasteiger partial charge in [-0.25, -0.2) is 0 Å². The molecule has 1 saturated carbocycles. The number of carbonyl (C=O) groups excluding carboxylic acids is 1. The molecular weight excluding hydrogens is 274 g/mol. The third-order valence-corrected chi connectivity index (χ3v) is 5.39. The van der Waals surface area contributed by atoms with Crippen LogP contribution in [0, 0.1) is 5.92 Å². The zero-order valence-electron chi connectivity index (χ0n) is 15.1. The summed E-state index contributed by atoms with van der Waals surface area (Å²) in [5.41, 5.74) is 0. The minimum absolute atomic E-state index is 0.313. The highest BCUT2D eigenvalue weighted by atomic mass is 16.2. The molecule has 2 aliphatic rings. The third kappa shape index (κ3) is 4.69. The van der Waals surface area contributed by atoms with E-state index in [0.717, 1.165) is 39.0 Å². The smallest absolute Gasteiger partial charge is 0.225 e. The molecule has 0 aromatic rings. The van der Waals surface area contributed by atoms with Crippen molar-refractivity contribution in [3.8, 4) is 0 Å². The molecule has 1 aliphatic heterocycles. The lowest BCUT2D eigenvalue weighted by molar-refractivity contribution is -0.141. The predicted molar refractivity (Wildman–Crippen MR) is 92.0 cm³/mol. The number of nitrogens with zero attached hydrogens (tertiary/aromatic N) is 3. The number of hydrogen-bond acceptors (Lipinski definition) is 3. The Morgan fingerprint density at radius 1 is 1.05 bits per heavy atom. The zero-order chi connectivity index (χ0) is 16.1. The molecule has 1 heterocycles. The molecular formula is C18H35N3O. The van der Waals surface area contributed by atoms with E-state index in [1.807, 2.05) is 0 Å². The largest absolute Gasteiger partial charge is 0.339 e. The predicted octanol–water partition coefficient (Wildman–Crippen LogP) is 2.44. The van der Waals surface area contributed by atoms with Gasteiger partial charge in [-0.1, -0.05) is 19.3 Å². The van der Waals surface area contributed by atoms with Gasteiger partial charge < -0.3 is 9.80 Å². The maximum Gasteiger partial charge on any atom is 0.225 e. The first-order valence-electron chi connectivity index (χ1n) is 9.18. The first-order valence-corrected chi connectivity index (χ1v) is 9.18. The van der Waals surface area contributed by atoms with Crippen molar-refractivity contribution in [1.82, 2.24) is 14.7 Å². The first kappa shape index (κ1) is 17.7. The molecule has 22 heavy (non-hydrogen) atoms. The van der Waals surface area contributed by atoms with Gasteiger partial charge in [-0.15, -0.1) is 0 Å². The first-order chi connectivity index (χ1) is 10.5. The van der Waals surface area contributed by atoms with Gasteiger partial charge in [-0.05, 0) is 53.8 Å². The topological polar surface area (TPSA) is 26.8 Å². The molecule has 4 heteroatoms. The van der Waals surface area contributed by atoms with E-state index < -0.39 is 0 Å². The average Bonchev–Trinajstić information content (AvgIpc) is 2.49. The number of piperazine rings is 1. The molecule has 2 unspecified atom stereocenters. The molecule has 128 valence electrons. The minimum atomic E-state index is 0.313. The summed E-state index contributed by atoms with van der Waals surface area (Å²) in [5.74, 6) is 0.750. The highest BCUT2D eigenvalue weighted by Crippen LogP contribution is 2.27. The summed E-state index contributed by atoms with van der Waals surface area (Å²) in [6, 6.07) is 0.969. The standard InChI is InChI=1S/C18H35N3O/c1-15-13-20(18(22)17-9-6-5-7-10-17)14-16(2)21(15)12-8-11-19(3)4/h15-17H,5-14H2,1-4H3. The van der Waals surface area contributed by atoms with Gasteiger partial charge in [0.15, 0.2) is 0 Å². The minimum Gasteiger partial charge on any atom is -0.339 e. The molecule has 1 saturated heterocycles. The Labute approximate surface area is 136 Å². The van der Waals surface area contributed by atoms with Crippen molar-refractivity contribution in [1.29, 1.82) is 0 Å². The van der Waals surface area contributed by atoms with Gasteiger partial charge in [0.25, 0.3) is 0 Å². The second-order valence-corrected chi connectivity index (χ2v) is 7.67. The molecule has 1 aliphatic carbocycles. The summed E-state index contributed by atoms with van der Waals surface area (Å²) in [4.78, 5) is 19.8. The maximum absolute atomic E-state index is 12.8. The third-order valence-electron chi connectivity index (χ3n) is 5.39. The van der Waals surface area contributed by atoms with Crippen LogP contribution in [0.4, 0.5) is 0 Å². The van der Waals surface area contributed by atoms with Gasteiger partial charge in [0.2, 0.25) is 5.91 Å². The maximum atomic E-state index is 12.8. The number of carbonyl (C=O) groups is 1. The highest BCUT2D eigenvalue weighted by Gasteiger charge is 2.34. The van der Waals surface area contributed by atoms with Crippen molar-refractivity contribution in [2.75, 3.05) is 40.3 Å². The molecule has 0 bridgehead atoms. The Morgan fingerprint density at radius 3 is 2.18 bits per heavy atom. The van der Waals surface area contributed by atoms with Gasteiger partial charge in [-0.2, -0.15) is 0 Å². The Morgan fingerprint density at radius 2 is 1.64 bits per heavy atom. The normalized spacial score (nSPS) is 28.3. The van der Waals surface area contributed by atoms with Gasteiger partial charge >= 0.3 is 0 Å². The Balaban J connectivity index is 1.84. The SMILES string of the molecule is CC1CN(C(=O)C2CCCCC2)CC(C)N1CCCN(C)C. The van der Waals surface area contributed by atoms with Crippen molar-refractivity contribution >= 4 is 5.91 Å². The van der Waals surface area contributed by atoms with Crippen LogP contribution in [0.15, 0.2) is 0 Å². The molecule has 0 aromatic carbocycles. The summed E-state index contributed by atoms with van der Waals surface area (Å²) in [7, 11) is 4.27.